The number of anilines is 2. The Morgan fingerprint density at radius 2 is 2.32 bits per heavy atom. The van der Waals surface area contributed by atoms with Gasteiger partial charge in [-0.15, -0.1) is 11.3 Å². The highest BCUT2D eigenvalue weighted by molar-refractivity contribution is 7.14. The van der Waals surface area contributed by atoms with Gasteiger partial charge in [0, 0.05) is 5.38 Å². The van der Waals surface area contributed by atoms with Crippen LogP contribution in [-0.4, -0.2) is 27.4 Å². The Kier molecular flexibility index (Phi) is 3.62. The molecule has 0 fully saturated rings. The highest BCUT2D eigenvalue weighted by Crippen LogP contribution is 2.18. The second-order valence-corrected chi connectivity index (χ2v) is 4.39. The van der Waals surface area contributed by atoms with Gasteiger partial charge in [0.2, 0.25) is 5.13 Å². The number of hydrogen-bond donors (Lipinski definition) is 4. The SMILES string of the molecule is Nc1csc(NN=Cc2ccc(O)c(C(=O)O)c2)n1. The molecule has 0 saturated carbocycles. The molecule has 0 unspecified atom stereocenters. The number of hydrogen-bond acceptors (Lipinski definition) is 7. The van der Waals surface area contributed by atoms with Crippen molar-refractivity contribution in [3.8, 4) is 5.75 Å². The topological polar surface area (TPSA) is 121 Å². The van der Waals surface area contributed by atoms with E-state index in [1.807, 2.05) is 0 Å². The maximum absolute atomic E-state index is 10.8. The van der Waals surface area contributed by atoms with E-state index in [0.717, 1.165) is 0 Å². The number of thiazole rings is 1. The van der Waals surface area contributed by atoms with Gasteiger partial charge in [-0.3, -0.25) is 5.43 Å². The number of hydrazone groups is 1. The van der Waals surface area contributed by atoms with E-state index in [1.54, 1.807) is 11.4 Å². The Morgan fingerprint density at radius 1 is 1.53 bits per heavy atom. The first-order valence-electron chi connectivity index (χ1n) is 5.12. The number of carboxylic acid groups (broad SMARTS) is 1. The monoisotopic (exact) mass is 278 g/mol. The van der Waals surface area contributed by atoms with Crippen LogP contribution in [-0.2, 0) is 0 Å². The minimum absolute atomic E-state index is 0.178. The zero-order valence-electron chi connectivity index (χ0n) is 9.57. The van der Waals surface area contributed by atoms with Crippen molar-refractivity contribution in [3.63, 3.8) is 0 Å². The van der Waals surface area contributed by atoms with Gasteiger partial charge in [0.25, 0.3) is 0 Å². The molecule has 0 radical (unpaired) electrons. The average Bonchev–Trinajstić information content (AvgIpc) is 2.77. The standard InChI is InChI=1S/C11H10N4O3S/c12-9-5-19-11(14-9)15-13-4-6-1-2-8(16)7(3-6)10(17)18/h1-5,16H,12H2,(H,14,15)(H,17,18). The number of carbonyl (C=O) groups is 1. The molecule has 1 aromatic heterocycles. The van der Waals surface area contributed by atoms with Gasteiger partial charge in [0.1, 0.15) is 17.1 Å². The molecule has 0 amide bonds. The molecule has 8 heteroatoms. The van der Waals surface area contributed by atoms with Crippen LogP contribution in [0, 0.1) is 0 Å². The van der Waals surface area contributed by atoms with Crippen LogP contribution >= 0.6 is 11.3 Å². The Balaban J connectivity index is 2.10. The molecule has 1 aromatic carbocycles. The molecule has 0 saturated heterocycles. The van der Waals surface area contributed by atoms with Gasteiger partial charge >= 0.3 is 5.97 Å². The largest absolute Gasteiger partial charge is 0.507 e. The number of carboxylic acids is 1. The third-order valence-electron chi connectivity index (χ3n) is 2.15. The van der Waals surface area contributed by atoms with E-state index in [-0.39, 0.29) is 11.3 Å². The fourth-order valence-corrected chi connectivity index (χ4v) is 1.85. The number of nitrogens with two attached hydrogens (primary N) is 1. The molecule has 2 rings (SSSR count). The molecule has 0 aliphatic carbocycles. The van der Waals surface area contributed by atoms with Gasteiger partial charge in [0.15, 0.2) is 0 Å². The quantitative estimate of drug-likeness (QED) is 0.497. The summed E-state index contributed by atoms with van der Waals surface area (Å²) < 4.78 is 0. The zero-order valence-corrected chi connectivity index (χ0v) is 10.4. The van der Waals surface area contributed by atoms with Crippen LogP contribution in [0.1, 0.15) is 15.9 Å². The van der Waals surface area contributed by atoms with Crippen LogP contribution in [0.2, 0.25) is 0 Å². The Morgan fingerprint density at radius 3 is 2.95 bits per heavy atom. The van der Waals surface area contributed by atoms with Crippen LogP contribution in [0.25, 0.3) is 0 Å². The van der Waals surface area contributed by atoms with Crippen molar-refractivity contribution in [1.82, 2.24) is 4.98 Å². The summed E-state index contributed by atoms with van der Waals surface area (Å²) >= 11 is 1.30. The summed E-state index contributed by atoms with van der Waals surface area (Å²) in [7, 11) is 0. The molecular formula is C11H10N4O3S. The third-order valence-corrected chi connectivity index (χ3v) is 2.91. The zero-order chi connectivity index (χ0) is 13.8. The molecule has 0 atom stereocenters. The van der Waals surface area contributed by atoms with E-state index in [2.05, 4.69) is 15.5 Å². The second-order valence-electron chi connectivity index (χ2n) is 3.53. The molecule has 19 heavy (non-hydrogen) atoms. The summed E-state index contributed by atoms with van der Waals surface area (Å²) in [4.78, 5) is 14.8. The van der Waals surface area contributed by atoms with Gasteiger partial charge in [-0.1, -0.05) is 0 Å². The van der Waals surface area contributed by atoms with Crippen molar-refractivity contribution < 1.29 is 15.0 Å². The van der Waals surface area contributed by atoms with Gasteiger partial charge < -0.3 is 15.9 Å². The summed E-state index contributed by atoms with van der Waals surface area (Å²) in [6.07, 6.45) is 1.42. The molecule has 98 valence electrons. The fraction of sp³-hybridized carbons (Fsp3) is 0. The van der Waals surface area contributed by atoms with E-state index in [0.29, 0.717) is 16.5 Å². The van der Waals surface area contributed by atoms with Crippen molar-refractivity contribution in [3.05, 3.63) is 34.7 Å². The van der Waals surface area contributed by atoms with Crippen molar-refractivity contribution in [2.24, 2.45) is 5.10 Å². The molecule has 0 spiro atoms. The lowest BCUT2D eigenvalue weighted by Crippen LogP contribution is -1.98. The molecule has 0 aliphatic rings. The lowest BCUT2D eigenvalue weighted by molar-refractivity contribution is 0.0693. The number of benzene rings is 1. The first-order chi connectivity index (χ1) is 9.06. The minimum atomic E-state index is -1.20. The van der Waals surface area contributed by atoms with Crippen LogP contribution in [0.15, 0.2) is 28.7 Å². The van der Waals surface area contributed by atoms with Gasteiger partial charge in [0.05, 0.1) is 6.21 Å². The predicted molar refractivity (Wildman–Crippen MR) is 72.8 cm³/mol. The number of rotatable bonds is 4. The van der Waals surface area contributed by atoms with E-state index in [9.17, 15) is 9.90 Å². The molecule has 0 bridgehead atoms. The number of nitrogens with one attached hydrogen (secondary N) is 1. The molecule has 0 aliphatic heterocycles. The Labute approximate surface area is 112 Å². The predicted octanol–water partition coefficient (Wildman–Crippen LogP) is 1.58. The fourth-order valence-electron chi connectivity index (χ4n) is 1.30. The normalized spacial score (nSPS) is 10.7. The Bertz CT molecular complexity index is 639. The number of aromatic nitrogens is 1. The highest BCUT2D eigenvalue weighted by atomic mass is 32.1. The molecule has 1 heterocycles. The summed E-state index contributed by atoms with van der Waals surface area (Å²) in [5, 5.41) is 24.3. The molecular weight excluding hydrogens is 268 g/mol. The van der Waals surface area contributed by atoms with Crippen molar-refractivity contribution in [2.75, 3.05) is 11.2 Å². The van der Waals surface area contributed by atoms with Gasteiger partial charge in [-0.25, -0.2) is 9.78 Å². The van der Waals surface area contributed by atoms with Crippen molar-refractivity contribution >= 4 is 34.5 Å². The highest BCUT2D eigenvalue weighted by Gasteiger charge is 2.09. The van der Waals surface area contributed by atoms with Gasteiger partial charge in [-0.2, -0.15) is 5.10 Å². The number of aromatic hydroxyl groups is 1. The average molecular weight is 278 g/mol. The molecule has 7 nitrogen and oxygen atoms in total. The summed E-state index contributed by atoms with van der Waals surface area (Å²) in [5.41, 5.74) is 8.47. The lowest BCUT2D eigenvalue weighted by atomic mass is 10.1. The first kappa shape index (κ1) is 12.8. The van der Waals surface area contributed by atoms with E-state index in [1.165, 1.54) is 29.7 Å². The molecule has 2 aromatic rings. The lowest BCUT2D eigenvalue weighted by Gasteiger charge is -2.00. The van der Waals surface area contributed by atoms with E-state index < -0.39 is 5.97 Å². The smallest absolute Gasteiger partial charge is 0.339 e. The molecule has 5 N–H and O–H groups in total. The van der Waals surface area contributed by atoms with Crippen molar-refractivity contribution in [2.45, 2.75) is 0 Å². The van der Waals surface area contributed by atoms with Crippen LogP contribution in [0.4, 0.5) is 10.9 Å². The van der Waals surface area contributed by atoms with Crippen molar-refractivity contribution in [1.29, 1.82) is 0 Å². The van der Waals surface area contributed by atoms with E-state index in [4.69, 9.17) is 10.8 Å². The van der Waals surface area contributed by atoms with Gasteiger partial charge in [-0.05, 0) is 23.8 Å². The van der Waals surface area contributed by atoms with E-state index >= 15 is 0 Å². The maximum atomic E-state index is 10.8. The number of aromatic carboxylic acids is 1. The summed E-state index contributed by atoms with van der Waals surface area (Å²) in [6.45, 7) is 0. The second kappa shape index (κ2) is 5.36. The maximum Gasteiger partial charge on any atom is 0.339 e. The number of phenols is 1. The summed E-state index contributed by atoms with van der Waals surface area (Å²) in [6, 6.07) is 4.16. The van der Waals surface area contributed by atoms with Crippen LogP contribution in [0.3, 0.4) is 0 Å². The van der Waals surface area contributed by atoms with Crippen LogP contribution < -0.4 is 11.2 Å². The van der Waals surface area contributed by atoms with Crippen LogP contribution in [0.5, 0.6) is 5.75 Å². The first-order valence-corrected chi connectivity index (χ1v) is 6.00. The third kappa shape index (κ3) is 3.19. The number of nitrogen functional groups attached to an aromatic ring is 1. The minimum Gasteiger partial charge on any atom is -0.507 e. The summed E-state index contributed by atoms with van der Waals surface area (Å²) in [5.74, 6) is -1.08. The number of nitrogens with zero attached hydrogens (tertiary/aromatic N) is 2. The Hall–Kier alpha value is -2.61.